The van der Waals surface area contributed by atoms with Crippen molar-refractivity contribution in [1.82, 2.24) is 19.3 Å². The van der Waals surface area contributed by atoms with E-state index in [4.69, 9.17) is 0 Å². The summed E-state index contributed by atoms with van der Waals surface area (Å²) < 4.78 is 39.0. The van der Waals surface area contributed by atoms with Crippen LogP contribution in [0, 0.1) is 0 Å². The zero-order valence-electron chi connectivity index (χ0n) is 11.2. The lowest BCUT2D eigenvalue weighted by molar-refractivity contribution is -0.142. The molecule has 9 heteroatoms. The summed E-state index contributed by atoms with van der Waals surface area (Å²) in [4.78, 5) is 16.0. The number of imidazole rings is 1. The lowest BCUT2D eigenvalue weighted by atomic mass is 10.2. The van der Waals surface area contributed by atoms with Crippen molar-refractivity contribution in [3.63, 3.8) is 0 Å². The van der Waals surface area contributed by atoms with Crippen molar-refractivity contribution >= 4 is 11.7 Å². The molecule has 0 spiro atoms. The first-order valence-corrected chi connectivity index (χ1v) is 6.27. The Bertz CT molecular complexity index is 590. The molecule has 1 unspecified atom stereocenters. The zero-order valence-corrected chi connectivity index (χ0v) is 11.2. The smallest absolute Gasteiger partial charge is 0.325 e. The van der Waals surface area contributed by atoms with Gasteiger partial charge in [0.25, 0.3) is 0 Å². The van der Waals surface area contributed by atoms with Gasteiger partial charge in [0, 0.05) is 24.7 Å². The molecule has 1 N–H and O–H groups in total. The predicted octanol–water partition coefficient (Wildman–Crippen LogP) is 2.23. The van der Waals surface area contributed by atoms with E-state index in [-0.39, 0.29) is 11.7 Å². The predicted molar refractivity (Wildman–Crippen MR) is 68.5 cm³/mol. The van der Waals surface area contributed by atoms with Crippen LogP contribution in [0.5, 0.6) is 0 Å². The summed E-state index contributed by atoms with van der Waals surface area (Å²) in [6, 6.07) is 0.838. The van der Waals surface area contributed by atoms with Crippen LogP contribution in [0.25, 0.3) is 0 Å². The average Bonchev–Trinajstić information content (AvgIpc) is 3.00. The topological polar surface area (TPSA) is 64.7 Å². The molecule has 2 aromatic rings. The molecule has 0 saturated carbocycles. The Kier molecular flexibility index (Phi) is 4.29. The summed E-state index contributed by atoms with van der Waals surface area (Å²) in [6.07, 6.45) is 2.04. The number of rotatable bonds is 5. The molecule has 2 aromatic heterocycles. The summed E-state index contributed by atoms with van der Waals surface area (Å²) in [5, 5.41) is 6.17. The Morgan fingerprint density at radius 1 is 1.43 bits per heavy atom. The number of halogens is 3. The summed E-state index contributed by atoms with van der Waals surface area (Å²) in [5.41, 5.74) is 0. The van der Waals surface area contributed by atoms with Gasteiger partial charge >= 0.3 is 6.18 Å². The molecule has 0 radical (unpaired) electrons. The SMILES string of the molecule is CCC(C(=O)Nc1ccn(CC(F)(F)F)n1)n1ccnc1. The van der Waals surface area contributed by atoms with E-state index in [1.807, 2.05) is 6.92 Å². The average molecular weight is 301 g/mol. The van der Waals surface area contributed by atoms with Crippen molar-refractivity contribution in [2.24, 2.45) is 0 Å². The van der Waals surface area contributed by atoms with Crippen LogP contribution in [0.2, 0.25) is 0 Å². The summed E-state index contributed by atoms with van der Waals surface area (Å²) >= 11 is 0. The van der Waals surface area contributed by atoms with E-state index >= 15 is 0 Å². The highest BCUT2D eigenvalue weighted by molar-refractivity contribution is 5.92. The highest BCUT2D eigenvalue weighted by Crippen LogP contribution is 2.18. The van der Waals surface area contributed by atoms with Crippen molar-refractivity contribution in [2.75, 3.05) is 5.32 Å². The molecular formula is C12H14F3N5O. The molecule has 0 aliphatic carbocycles. The standard InChI is InChI=1S/C12H14F3N5O/c1-2-9(19-6-4-16-8-19)11(21)17-10-3-5-20(18-10)7-12(13,14)15/h3-6,8-9H,2,7H2,1H3,(H,17,18,21). The van der Waals surface area contributed by atoms with Gasteiger partial charge in [0.2, 0.25) is 5.91 Å². The molecule has 2 rings (SSSR count). The number of alkyl halides is 3. The molecule has 0 aliphatic rings. The van der Waals surface area contributed by atoms with Crippen LogP contribution in [-0.2, 0) is 11.3 Å². The van der Waals surface area contributed by atoms with Gasteiger partial charge in [-0.2, -0.15) is 18.3 Å². The number of carbonyl (C=O) groups excluding carboxylic acids is 1. The maximum absolute atomic E-state index is 12.2. The zero-order chi connectivity index (χ0) is 15.5. The van der Waals surface area contributed by atoms with E-state index in [2.05, 4.69) is 15.4 Å². The van der Waals surface area contributed by atoms with Gasteiger partial charge in [0.05, 0.1) is 6.33 Å². The van der Waals surface area contributed by atoms with Crippen LogP contribution in [0.4, 0.5) is 19.0 Å². The second-order valence-corrected chi connectivity index (χ2v) is 4.44. The van der Waals surface area contributed by atoms with Crippen molar-refractivity contribution in [3.05, 3.63) is 31.0 Å². The summed E-state index contributed by atoms with van der Waals surface area (Å²) in [6.45, 7) is 0.633. The van der Waals surface area contributed by atoms with Gasteiger partial charge in [-0.15, -0.1) is 0 Å². The van der Waals surface area contributed by atoms with Crippen molar-refractivity contribution in [2.45, 2.75) is 32.1 Å². The van der Waals surface area contributed by atoms with Crippen molar-refractivity contribution in [3.8, 4) is 0 Å². The molecule has 2 heterocycles. The molecule has 0 saturated heterocycles. The summed E-state index contributed by atoms with van der Waals surface area (Å²) in [7, 11) is 0. The number of aromatic nitrogens is 4. The lowest BCUT2D eigenvalue weighted by Crippen LogP contribution is -2.25. The largest absolute Gasteiger partial charge is 0.408 e. The highest BCUT2D eigenvalue weighted by Gasteiger charge is 2.28. The van der Waals surface area contributed by atoms with E-state index in [1.54, 1.807) is 17.0 Å². The molecule has 21 heavy (non-hydrogen) atoms. The molecular weight excluding hydrogens is 287 g/mol. The minimum Gasteiger partial charge on any atom is -0.325 e. The third kappa shape index (κ3) is 4.07. The van der Waals surface area contributed by atoms with Crippen LogP contribution in [0.15, 0.2) is 31.0 Å². The van der Waals surface area contributed by atoms with Crippen LogP contribution in [-0.4, -0.2) is 31.4 Å². The number of nitrogens with zero attached hydrogens (tertiary/aromatic N) is 4. The van der Waals surface area contributed by atoms with Gasteiger partial charge < -0.3 is 9.88 Å². The number of hydrogen-bond acceptors (Lipinski definition) is 3. The first kappa shape index (κ1) is 15.1. The fourth-order valence-corrected chi connectivity index (χ4v) is 1.90. The first-order valence-electron chi connectivity index (χ1n) is 6.27. The van der Waals surface area contributed by atoms with Crippen LogP contribution in [0.1, 0.15) is 19.4 Å². The Balaban J connectivity index is 2.02. The van der Waals surface area contributed by atoms with Gasteiger partial charge in [0.15, 0.2) is 5.82 Å². The maximum atomic E-state index is 12.2. The Morgan fingerprint density at radius 2 is 2.19 bits per heavy atom. The van der Waals surface area contributed by atoms with Crippen molar-refractivity contribution < 1.29 is 18.0 Å². The Hall–Kier alpha value is -2.32. The van der Waals surface area contributed by atoms with Crippen LogP contribution < -0.4 is 5.32 Å². The minimum absolute atomic E-state index is 0.0859. The number of hydrogen-bond donors (Lipinski definition) is 1. The molecule has 0 aliphatic heterocycles. The molecule has 114 valence electrons. The molecule has 0 fully saturated rings. The monoisotopic (exact) mass is 301 g/mol. The minimum atomic E-state index is -4.35. The number of nitrogens with one attached hydrogen (secondary N) is 1. The molecule has 6 nitrogen and oxygen atoms in total. The quantitative estimate of drug-likeness (QED) is 0.921. The third-order valence-electron chi connectivity index (χ3n) is 2.81. The van der Waals surface area contributed by atoms with E-state index < -0.39 is 18.8 Å². The van der Waals surface area contributed by atoms with Gasteiger partial charge in [-0.25, -0.2) is 4.98 Å². The van der Waals surface area contributed by atoms with Gasteiger partial charge in [-0.3, -0.25) is 9.48 Å². The van der Waals surface area contributed by atoms with E-state index in [9.17, 15) is 18.0 Å². The maximum Gasteiger partial charge on any atom is 0.408 e. The molecule has 1 atom stereocenters. The van der Waals surface area contributed by atoms with Gasteiger partial charge in [0.1, 0.15) is 12.6 Å². The van der Waals surface area contributed by atoms with Gasteiger partial charge in [-0.05, 0) is 6.42 Å². The molecule has 0 bridgehead atoms. The van der Waals surface area contributed by atoms with Crippen LogP contribution in [0.3, 0.4) is 0 Å². The van der Waals surface area contributed by atoms with Crippen LogP contribution >= 0.6 is 0 Å². The first-order chi connectivity index (χ1) is 9.89. The summed E-state index contributed by atoms with van der Waals surface area (Å²) in [5.74, 6) is -0.268. The second kappa shape index (κ2) is 5.98. The molecule has 0 aromatic carbocycles. The van der Waals surface area contributed by atoms with Crippen molar-refractivity contribution in [1.29, 1.82) is 0 Å². The second-order valence-electron chi connectivity index (χ2n) is 4.44. The lowest BCUT2D eigenvalue weighted by Gasteiger charge is -2.15. The fourth-order valence-electron chi connectivity index (χ4n) is 1.90. The number of carbonyl (C=O) groups is 1. The Morgan fingerprint density at radius 3 is 2.76 bits per heavy atom. The number of anilines is 1. The Labute approximate surface area is 118 Å². The normalized spacial score (nSPS) is 13.1. The van der Waals surface area contributed by atoms with Gasteiger partial charge in [-0.1, -0.05) is 6.92 Å². The third-order valence-corrected chi connectivity index (χ3v) is 2.81. The highest BCUT2D eigenvalue weighted by atomic mass is 19.4. The van der Waals surface area contributed by atoms with E-state index in [0.717, 1.165) is 4.68 Å². The van der Waals surface area contributed by atoms with E-state index in [0.29, 0.717) is 6.42 Å². The fraction of sp³-hybridized carbons (Fsp3) is 0.417. The molecule has 1 amide bonds. The van der Waals surface area contributed by atoms with E-state index in [1.165, 1.54) is 18.6 Å². The number of amides is 1.